The summed E-state index contributed by atoms with van der Waals surface area (Å²) in [6, 6.07) is 11.5. The first-order valence-electron chi connectivity index (χ1n) is 5.87. The number of hydrogen-bond donors (Lipinski definition) is 1. The van der Waals surface area contributed by atoms with E-state index in [9.17, 15) is 8.78 Å². The molecular weight excluding hydrogens is 264 g/mol. The summed E-state index contributed by atoms with van der Waals surface area (Å²) < 4.78 is 27.4. The van der Waals surface area contributed by atoms with E-state index in [-0.39, 0.29) is 0 Å². The maximum atomic E-state index is 13.1. The van der Waals surface area contributed by atoms with Crippen LogP contribution in [0.25, 0.3) is 10.1 Å². The molecule has 0 aliphatic rings. The first-order chi connectivity index (χ1) is 9.22. The first-order valence-corrected chi connectivity index (χ1v) is 6.75. The van der Waals surface area contributed by atoms with Crippen molar-refractivity contribution in [3.05, 3.63) is 65.0 Å². The average Bonchev–Trinajstić information content (AvgIpc) is 2.78. The van der Waals surface area contributed by atoms with E-state index in [2.05, 4.69) is 22.8 Å². The minimum atomic E-state index is -0.572. The number of rotatable bonds is 3. The van der Waals surface area contributed by atoms with Crippen LogP contribution in [-0.2, 0) is 6.54 Å². The third kappa shape index (κ3) is 2.58. The molecule has 0 amide bonds. The van der Waals surface area contributed by atoms with Crippen LogP contribution in [0.1, 0.15) is 5.56 Å². The van der Waals surface area contributed by atoms with Crippen molar-refractivity contribution in [2.75, 3.05) is 5.32 Å². The summed E-state index contributed by atoms with van der Waals surface area (Å²) in [5.74, 6) is -1.14. The summed E-state index contributed by atoms with van der Waals surface area (Å²) in [6.07, 6.45) is 0. The Bertz CT molecular complexity index is 701. The highest BCUT2D eigenvalue weighted by Crippen LogP contribution is 2.26. The van der Waals surface area contributed by atoms with Gasteiger partial charge in [0.1, 0.15) is 11.6 Å². The highest BCUT2D eigenvalue weighted by atomic mass is 32.1. The topological polar surface area (TPSA) is 12.0 Å². The molecule has 4 heteroatoms. The van der Waals surface area contributed by atoms with Crippen molar-refractivity contribution in [2.24, 2.45) is 0 Å². The molecule has 0 atom stereocenters. The lowest BCUT2D eigenvalue weighted by molar-refractivity contribution is 0.584. The molecule has 0 bridgehead atoms. The standard InChI is InChI=1S/C15H11F2NS/c16-11-5-12(17)7-13(6-11)18-8-10-9-19-15-4-2-1-3-14(10)15/h1-7,9,18H,8H2. The zero-order valence-electron chi connectivity index (χ0n) is 9.99. The summed E-state index contributed by atoms with van der Waals surface area (Å²) in [7, 11) is 0. The zero-order valence-corrected chi connectivity index (χ0v) is 10.8. The first kappa shape index (κ1) is 12.1. The van der Waals surface area contributed by atoms with Crippen molar-refractivity contribution in [2.45, 2.75) is 6.54 Å². The van der Waals surface area contributed by atoms with Gasteiger partial charge >= 0.3 is 0 Å². The lowest BCUT2D eigenvalue weighted by atomic mass is 10.2. The van der Waals surface area contributed by atoms with Crippen LogP contribution in [0.3, 0.4) is 0 Å². The van der Waals surface area contributed by atoms with E-state index in [0.29, 0.717) is 12.2 Å². The molecule has 2 aromatic carbocycles. The van der Waals surface area contributed by atoms with Gasteiger partial charge in [0.15, 0.2) is 0 Å². The van der Waals surface area contributed by atoms with E-state index >= 15 is 0 Å². The molecule has 1 nitrogen and oxygen atoms in total. The second kappa shape index (κ2) is 4.97. The van der Waals surface area contributed by atoms with Crippen LogP contribution in [0.15, 0.2) is 47.8 Å². The Morgan fingerprint density at radius 1 is 1.00 bits per heavy atom. The molecule has 1 heterocycles. The van der Waals surface area contributed by atoms with E-state index < -0.39 is 11.6 Å². The van der Waals surface area contributed by atoms with Gasteiger partial charge in [-0.25, -0.2) is 8.78 Å². The normalized spacial score (nSPS) is 10.8. The fourth-order valence-corrected chi connectivity index (χ4v) is 2.99. The molecule has 3 aromatic rings. The molecule has 1 N–H and O–H groups in total. The van der Waals surface area contributed by atoms with Gasteiger partial charge in [0.25, 0.3) is 0 Å². The fourth-order valence-electron chi connectivity index (χ4n) is 2.02. The molecule has 19 heavy (non-hydrogen) atoms. The zero-order chi connectivity index (χ0) is 13.2. The fraction of sp³-hybridized carbons (Fsp3) is 0.0667. The monoisotopic (exact) mass is 275 g/mol. The van der Waals surface area contributed by atoms with Crippen molar-refractivity contribution < 1.29 is 8.78 Å². The van der Waals surface area contributed by atoms with Crippen molar-refractivity contribution in [1.82, 2.24) is 0 Å². The molecule has 0 spiro atoms. The van der Waals surface area contributed by atoms with Crippen LogP contribution in [0, 0.1) is 11.6 Å². The molecule has 0 saturated carbocycles. The maximum Gasteiger partial charge on any atom is 0.128 e. The smallest absolute Gasteiger partial charge is 0.128 e. The van der Waals surface area contributed by atoms with Gasteiger partial charge in [-0.2, -0.15) is 0 Å². The van der Waals surface area contributed by atoms with Gasteiger partial charge in [0, 0.05) is 23.0 Å². The number of hydrogen-bond acceptors (Lipinski definition) is 2. The minimum absolute atomic E-state index is 0.452. The third-order valence-electron chi connectivity index (χ3n) is 2.91. The van der Waals surface area contributed by atoms with E-state index in [0.717, 1.165) is 11.6 Å². The van der Waals surface area contributed by atoms with Gasteiger partial charge in [0.05, 0.1) is 0 Å². The van der Waals surface area contributed by atoms with Crippen molar-refractivity contribution >= 4 is 27.1 Å². The van der Waals surface area contributed by atoms with Crippen molar-refractivity contribution in [3.8, 4) is 0 Å². The van der Waals surface area contributed by atoms with Crippen molar-refractivity contribution in [1.29, 1.82) is 0 Å². The Morgan fingerprint density at radius 3 is 2.53 bits per heavy atom. The third-order valence-corrected chi connectivity index (χ3v) is 3.92. The van der Waals surface area contributed by atoms with Crippen LogP contribution in [-0.4, -0.2) is 0 Å². The van der Waals surface area contributed by atoms with Gasteiger partial charge in [-0.15, -0.1) is 11.3 Å². The lowest BCUT2D eigenvalue weighted by Crippen LogP contribution is -1.99. The Morgan fingerprint density at radius 2 is 1.74 bits per heavy atom. The number of fused-ring (bicyclic) bond motifs is 1. The maximum absolute atomic E-state index is 13.1. The van der Waals surface area contributed by atoms with E-state index in [1.54, 1.807) is 11.3 Å². The highest BCUT2D eigenvalue weighted by molar-refractivity contribution is 7.17. The Kier molecular flexibility index (Phi) is 3.17. The molecule has 0 radical (unpaired) electrons. The number of benzene rings is 2. The molecule has 0 aliphatic heterocycles. The highest BCUT2D eigenvalue weighted by Gasteiger charge is 2.04. The minimum Gasteiger partial charge on any atom is -0.381 e. The summed E-state index contributed by atoms with van der Waals surface area (Å²) in [4.78, 5) is 0. The molecule has 1 aromatic heterocycles. The number of anilines is 1. The van der Waals surface area contributed by atoms with Gasteiger partial charge in [-0.3, -0.25) is 0 Å². The van der Waals surface area contributed by atoms with Crippen LogP contribution in [0.4, 0.5) is 14.5 Å². The van der Waals surface area contributed by atoms with Gasteiger partial charge in [0.2, 0.25) is 0 Å². The van der Waals surface area contributed by atoms with Crippen LogP contribution in [0.5, 0.6) is 0 Å². The second-order valence-electron chi connectivity index (χ2n) is 4.27. The van der Waals surface area contributed by atoms with E-state index in [1.165, 1.54) is 22.2 Å². The molecule has 0 fully saturated rings. The largest absolute Gasteiger partial charge is 0.381 e. The molecule has 0 aliphatic carbocycles. The summed E-state index contributed by atoms with van der Waals surface area (Å²) in [6.45, 7) is 0.549. The lowest BCUT2D eigenvalue weighted by Gasteiger charge is -2.06. The molecule has 0 saturated heterocycles. The predicted octanol–water partition coefficient (Wildman–Crippen LogP) is 4.79. The SMILES string of the molecule is Fc1cc(F)cc(NCc2csc3ccccc23)c1. The Labute approximate surface area is 113 Å². The quantitative estimate of drug-likeness (QED) is 0.724. The van der Waals surface area contributed by atoms with Crippen LogP contribution >= 0.6 is 11.3 Å². The number of halogens is 2. The average molecular weight is 275 g/mol. The summed E-state index contributed by atoms with van der Waals surface area (Å²) in [5, 5.41) is 6.29. The summed E-state index contributed by atoms with van der Waals surface area (Å²) >= 11 is 1.67. The molecule has 96 valence electrons. The Balaban J connectivity index is 1.82. The van der Waals surface area contributed by atoms with Gasteiger partial charge < -0.3 is 5.32 Å². The molecular formula is C15H11F2NS. The number of nitrogens with one attached hydrogen (secondary N) is 1. The second-order valence-corrected chi connectivity index (χ2v) is 5.18. The number of thiophene rings is 1. The van der Waals surface area contributed by atoms with Gasteiger partial charge in [-0.1, -0.05) is 18.2 Å². The van der Waals surface area contributed by atoms with Crippen molar-refractivity contribution in [3.63, 3.8) is 0 Å². The van der Waals surface area contributed by atoms with Crippen LogP contribution < -0.4 is 5.32 Å². The predicted molar refractivity (Wildman–Crippen MR) is 75.5 cm³/mol. The summed E-state index contributed by atoms with van der Waals surface area (Å²) in [5.41, 5.74) is 1.58. The van der Waals surface area contributed by atoms with Gasteiger partial charge in [-0.05, 0) is 34.5 Å². The van der Waals surface area contributed by atoms with E-state index in [4.69, 9.17) is 0 Å². The van der Waals surface area contributed by atoms with E-state index in [1.807, 2.05) is 12.1 Å². The molecule has 0 unspecified atom stereocenters. The van der Waals surface area contributed by atoms with Crippen LogP contribution in [0.2, 0.25) is 0 Å². The Hall–Kier alpha value is -1.94. The molecule has 3 rings (SSSR count).